The molecule has 104 valence electrons. The second kappa shape index (κ2) is 5.79. The number of anilines is 1. The van der Waals surface area contributed by atoms with Gasteiger partial charge in [0, 0.05) is 11.3 Å². The maximum absolute atomic E-state index is 12.0. The van der Waals surface area contributed by atoms with Crippen molar-refractivity contribution in [1.82, 2.24) is 0 Å². The molecule has 1 atom stereocenters. The first-order chi connectivity index (χ1) is 9.47. The van der Waals surface area contributed by atoms with E-state index in [9.17, 15) is 9.59 Å². The molecule has 0 aliphatic carbocycles. The van der Waals surface area contributed by atoms with Crippen LogP contribution >= 0.6 is 11.6 Å². The highest BCUT2D eigenvalue weighted by atomic mass is 35.5. The molecule has 1 heterocycles. The zero-order valence-corrected chi connectivity index (χ0v) is 11.5. The monoisotopic (exact) mass is 292 g/mol. The van der Waals surface area contributed by atoms with E-state index in [1.807, 2.05) is 0 Å². The van der Waals surface area contributed by atoms with Crippen LogP contribution in [0.1, 0.15) is 39.0 Å². The summed E-state index contributed by atoms with van der Waals surface area (Å²) in [6.45, 7) is 1.75. The van der Waals surface area contributed by atoms with Gasteiger partial charge in [0.15, 0.2) is 5.76 Å². The molecule has 0 bridgehead atoms. The number of furan rings is 1. The number of primary amides is 1. The molecule has 2 aromatic rings. The lowest BCUT2D eigenvalue weighted by Gasteiger charge is -2.04. The minimum Gasteiger partial charge on any atom is -0.454 e. The predicted octanol–water partition coefficient (Wildman–Crippen LogP) is 2.93. The second-order valence-corrected chi connectivity index (χ2v) is 4.87. The number of halogens is 1. The van der Waals surface area contributed by atoms with Crippen LogP contribution in [0.3, 0.4) is 0 Å². The van der Waals surface area contributed by atoms with Crippen molar-refractivity contribution in [3.8, 4) is 0 Å². The molecule has 2 amide bonds. The van der Waals surface area contributed by atoms with E-state index in [1.165, 1.54) is 6.07 Å². The number of carbonyl (C=O) groups excluding carboxylic acids is 2. The molecule has 0 spiro atoms. The van der Waals surface area contributed by atoms with E-state index in [4.69, 9.17) is 21.8 Å². The highest BCUT2D eigenvalue weighted by molar-refractivity contribution is 6.20. The Labute approximate surface area is 120 Å². The van der Waals surface area contributed by atoms with Crippen LogP contribution in [0.25, 0.3) is 0 Å². The van der Waals surface area contributed by atoms with E-state index in [-0.39, 0.29) is 11.1 Å². The van der Waals surface area contributed by atoms with Gasteiger partial charge in [-0.05, 0) is 37.3 Å². The first kappa shape index (κ1) is 14.1. The van der Waals surface area contributed by atoms with Gasteiger partial charge in [-0.15, -0.1) is 11.6 Å². The number of benzene rings is 1. The Kier molecular flexibility index (Phi) is 4.10. The third kappa shape index (κ3) is 3.19. The Morgan fingerprint density at radius 3 is 2.65 bits per heavy atom. The Balaban J connectivity index is 2.14. The summed E-state index contributed by atoms with van der Waals surface area (Å²) in [5.41, 5.74) is 5.95. The lowest BCUT2D eigenvalue weighted by molar-refractivity contribution is 0.0987. The number of carbonyl (C=O) groups is 2. The number of amides is 2. The van der Waals surface area contributed by atoms with Crippen LogP contribution in [0, 0.1) is 0 Å². The normalized spacial score (nSPS) is 11.9. The zero-order chi connectivity index (χ0) is 14.7. The molecule has 0 aliphatic heterocycles. The first-order valence-electron chi connectivity index (χ1n) is 5.92. The van der Waals surface area contributed by atoms with Crippen molar-refractivity contribution in [2.24, 2.45) is 5.73 Å². The molecule has 0 fully saturated rings. The van der Waals surface area contributed by atoms with Gasteiger partial charge in [0.2, 0.25) is 5.91 Å². The van der Waals surface area contributed by atoms with Gasteiger partial charge in [-0.25, -0.2) is 0 Å². The molecule has 1 aromatic heterocycles. The van der Waals surface area contributed by atoms with Crippen LogP contribution < -0.4 is 11.1 Å². The molecule has 0 saturated heterocycles. The number of nitrogens with two attached hydrogens (primary N) is 1. The second-order valence-electron chi connectivity index (χ2n) is 4.22. The molecular formula is C14H13ClN2O3. The zero-order valence-electron chi connectivity index (χ0n) is 10.7. The van der Waals surface area contributed by atoms with Crippen LogP contribution in [0.15, 0.2) is 40.8 Å². The fraction of sp³-hybridized carbons (Fsp3) is 0.143. The molecular weight excluding hydrogens is 280 g/mol. The van der Waals surface area contributed by atoms with Crippen molar-refractivity contribution >= 4 is 29.1 Å². The Morgan fingerprint density at radius 2 is 2.05 bits per heavy atom. The topological polar surface area (TPSA) is 85.3 Å². The SMILES string of the molecule is CC(Cl)c1ccc(C(=O)Nc2cccc(C(N)=O)c2)o1. The number of nitrogens with one attached hydrogen (secondary N) is 1. The van der Waals surface area contributed by atoms with E-state index in [0.29, 0.717) is 17.0 Å². The number of rotatable bonds is 4. The summed E-state index contributed by atoms with van der Waals surface area (Å²) >= 11 is 5.86. The largest absolute Gasteiger partial charge is 0.454 e. The predicted molar refractivity (Wildman–Crippen MR) is 75.9 cm³/mol. The fourth-order valence-electron chi connectivity index (χ4n) is 1.63. The van der Waals surface area contributed by atoms with E-state index in [0.717, 1.165) is 0 Å². The number of hydrogen-bond donors (Lipinski definition) is 2. The lowest BCUT2D eigenvalue weighted by atomic mass is 10.2. The average molecular weight is 293 g/mol. The summed E-state index contributed by atoms with van der Waals surface area (Å²) in [6.07, 6.45) is 0. The highest BCUT2D eigenvalue weighted by Gasteiger charge is 2.14. The third-order valence-electron chi connectivity index (χ3n) is 2.65. The third-order valence-corrected chi connectivity index (χ3v) is 2.86. The summed E-state index contributed by atoms with van der Waals surface area (Å²) in [7, 11) is 0. The highest BCUT2D eigenvalue weighted by Crippen LogP contribution is 2.22. The molecule has 0 aliphatic rings. The van der Waals surface area contributed by atoms with Gasteiger partial charge in [0.1, 0.15) is 5.76 Å². The lowest BCUT2D eigenvalue weighted by Crippen LogP contribution is -2.14. The average Bonchev–Trinajstić information content (AvgIpc) is 2.88. The molecule has 0 radical (unpaired) electrons. The van der Waals surface area contributed by atoms with Gasteiger partial charge >= 0.3 is 0 Å². The molecule has 0 saturated carbocycles. The number of alkyl halides is 1. The van der Waals surface area contributed by atoms with Gasteiger partial charge in [-0.1, -0.05) is 6.07 Å². The Hall–Kier alpha value is -2.27. The van der Waals surface area contributed by atoms with Gasteiger partial charge < -0.3 is 15.5 Å². The van der Waals surface area contributed by atoms with E-state index in [1.54, 1.807) is 37.3 Å². The summed E-state index contributed by atoms with van der Waals surface area (Å²) in [4.78, 5) is 23.0. The molecule has 1 unspecified atom stereocenters. The van der Waals surface area contributed by atoms with E-state index >= 15 is 0 Å². The van der Waals surface area contributed by atoms with Crippen molar-refractivity contribution in [2.75, 3.05) is 5.32 Å². The van der Waals surface area contributed by atoms with Crippen LogP contribution in [-0.4, -0.2) is 11.8 Å². The molecule has 2 rings (SSSR count). The fourth-order valence-corrected chi connectivity index (χ4v) is 1.75. The molecule has 1 aromatic carbocycles. The maximum atomic E-state index is 12.0. The van der Waals surface area contributed by atoms with Gasteiger partial charge in [-0.2, -0.15) is 0 Å². The minimum atomic E-state index is -0.558. The maximum Gasteiger partial charge on any atom is 0.291 e. The Bertz CT molecular complexity index is 649. The van der Waals surface area contributed by atoms with Gasteiger partial charge in [0.05, 0.1) is 5.38 Å². The van der Waals surface area contributed by atoms with Crippen LogP contribution in [-0.2, 0) is 0 Å². The van der Waals surface area contributed by atoms with Crippen molar-refractivity contribution in [2.45, 2.75) is 12.3 Å². The molecule has 6 heteroatoms. The van der Waals surface area contributed by atoms with Crippen molar-refractivity contribution in [1.29, 1.82) is 0 Å². The molecule has 3 N–H and O–H groups in total. The summed E-state index contributed by atoms with van der Waals surface area (Å²) < 4.78 is 5.32. The first-order valence-corrected chi connectivity index (χ1v) is 6.36. The van der Waals surface area contributed by atoms with Gasteiger partial charge in [0.25, 0.3) is 5.91 Å². The quantitative estimate of drug-likeness (QED) is 0.850. The summed E-state index contributed by atoms with van der Waals surface area (Å²) in [5.74, 6) is -0.313. The van der Waals surface area contributed by atoms with Crippen LogP contribution in [0.2, 0.25) is 0 Å². The van der Waals surface area contributed by atoms with Crippen LogP contribution in [0.4, 0.5) is 5.69 Å². The van der Waals surface area contributed by atoms with Gasteiger partial charge in [-0.3, -0.25) is 9.59 Å². The van der Waals surface area contributed by atoms with Crippen molar-refractivity contribution < 1.29 is 14.0 Å². The summed E-state index contributed by atoms with van der Waals surface area (Å²) in [6, 6.07) is 9.53. The smallest absolute Gasteiger partial charge is 0.291 e. The minimum absolute atomic E-state index is 0.150. The number of hydrogen-bond acceptors (Lipinski definition) is 3. The van der Waals surface area contributed by atoms with E-state index in [2.05, 4.69) is 5.32 Å². The Morgan fingerprint density at radius 1 is 1.30 bits per heavy atom. The van der Waals surface area contributed by atoms with E-state index < -0.39 is 11.8 Å². The molecule has 20 heavy (non-hydrogen) atoms. The van der Waals surface area contributed by atoms with Crippen LogP contribution in [0.5, 0.6) is 0 Å². The standard InChI is InChI=1S/C14H13ClN2O3/c1-8(15)11-5-6-12(20-11)14(19)17-10-4-2-3-9(7-10)13(16)18/h2-8H,1H3,(H2,16,18)(H,17,19). The molecule has 5 nitrogen and oxygen atoms in total. The summed E-state index contributed by atoms with van der Waals surface area (Å²) in [5, 5.41) is 2.31. The van der Waals surface area contributed by atoms with Crippen molar-refractivity contribution in [3.05, 3.63) is 53.5 Å². The van der Waals surface area contributed by atoms with Crippen molar-refractivity contribution in [3.63, 3.8) is 0 Å².